The Labute approximate surface area is 112 Å². The van der Waals surface area contributed by atoms with Crippen molar-refractivity contribution in [3.8, 4) is 0 Å². The highest BCUT2D eigenvalue weighted by molar-refractivity contribution is 6.29. The molecule has 1 aromatic rings. The summed E-state index contributed by atoms with van der Waals surface area (Å²) in [5.74, 6) is -0.0874. The van der Waals surface area contributed by atoms with Crippen LogP contribution in [0.3, 0.4) is 0 Å². The number of amides is 1. The van der Waals surface area contributed by atoms with Crippen LogP contribution in [0.25, 0.3) is 0 Å². The summed E-state index contributed by atoms with van der Waals surface area (Å²) in [6, 6.07) is 5.36. The topological polar surface area (TPSA) is 53.4 Å². The van der Waals surface area contributed by atoms with Crippen LogP contribution in [0.15, 0.2) is 18.2 Å². The van der Waals surface area contributed by atoms with Crippen molar-refractivity contribution in [2.24, 2.45) is 0 Å². The summed E-state index contributed by atoms with van der Waals surface area (Å²) in [5, 5.41) is 9.24. The lowest BCUT2D eigenvalue weighted by molar-refractivity contribution is 0.0556. The van der Waals surface area contributed by atoms with E-state index >= 15 is 0 Å². The van der Waals surface area contributed by atoms with Crippen molar-refractivity contribution in [2.45, 2.75) is 31.7 Å². The predicted octanol–water partition coefficient (Wildman–Crippen LogP) is 2.11. The van der Waals surface area contributed by atoms with Gasteiger partial charge in [0, 0.05) is 19.2 Å². The maximum Gasteiger partial charge on any atom is 0.272 e. The van der Waals surface area contributed by atoms with Crippen molar-refractivity contribution >= 4 is 17.5 Å². The first kappa shape index (κ1) is 13.3. The van der Waals surface area contributed by atoms with Gasteiger partial charge in [-0.3, -0.25) is 4.79 Å². The molecule has 1 aromatic heterocycles. The fourth-order valence-corrected chi connectivity index (χ4v) is 2.23. The molecule has 1 amide bonds. The summed E-state index contributed by atoms with van der Waals surface area (Å²) in [7, 11) is 0. The molecular weight excluding hydrogens is 252 g/mol. The standard InChI is InChI=1S/C13H17ClN2O2/c14-12-7-2-6-11(15-12)13(18)16(8-3-9-17)10-4-1-5-10/h2,6-7,10,17H,1,3-5,8-9H2. The van der Waals surface area contributed by atoms with E-state index in [0.717, 1.165) is 19.3 Å². The number of carbonyl (C=O) groups excluding carboxylic acids is 1. The Morgan fingerprint density at radius 3 is 2.83 bits per heavy atom. The Morgan fingerprint density at radius 1 is 1.50 bits per heavy atom. The fourth-order valence-electron chi connectivity index (χ4n) is 2.06. The Kier molecular flexibility index (Phi) is 4.55. The van der Waals surface area contributed by atoms with E-state index in [4.69, 9.17) is 16.7 Å². The van der Waals surface area contributed by atoms with Gasteiger partial charge in [-0.25, -0.2) is 4.98 Å². The Morgan fingerprint density at radius 2 is 2.28 bits per heavy atom. The van der Waals surface area contributed by atoms with Gasteiger partial charge in [0.2, 0.25) is 0 Å². The molecule has 1 saturated carbocycles. The van der Waals surface area contributed by atoms with Crippen molar-refractivity contribution in [1.82, 2.24) is 9.88 Å². The number of nitrogens with zero attached hydrogens (tertiary/aromatic N) is 2. The first-order chi connectivity index (χ1) is 8.72. The number of carbonyl (C=O) groups is 1. The molecule has 0 saturated heterocycles. The van der Waals surface area contributed by atoms with E-state index < -0.39 is 0 Å². The molecule has 1 aliphatic carbocycles. The Bertz CT molecular complexity index is 421. The van der Waals surface area contributed by atoms with Crippen molar-refractivity contribution in [3.05, 3.63) is 29.0 Å². The monoisotopic (exact) mass is 268 g/mol. The van der Waals surface area contributed by atoms with Crippen molar-refractivity contribution in [3.63, 3.8) is 0 Å². The predicted molar refractivity (Wildman–Crippen MR) is 69.6 cm³/mol. The molecule has 0 unspecified atom stereocenters. The molecule has 1 aliphatic rings. The minimum atomic E-state index is -0.0874. The minimum Gasteiger partial charge on any atom is -0.396 e. The molecule has 1 heterocycles. The largest absolute Gasteiger partial charge is 0.396 e. The van der Waals surface area contributed by atoms with Gasteiger partial charge in [-0.1, -0.05) is 17.7 Å². The molecule has 1 N–H and O–H groups in total. The summed E-state index contributed by atoms with van der Waals surface area (Å²) in [4.78, 5) is 18.2. The van der Waals surface area contributed by atoms with Gasteiger partial charge in [-0.15, -0.1) is 0 Å². The number of pyridine rings is 1. The van der Waals surface area contributed by atoms with Crippen LogP contribution in [-0.2, 0) is 0 Å². The van der Waals surface area contributed by atoms with E-state index in [-0.39, 0.29) is 12.5 Å². The van der Waals surface area contributed by atoms with Gasteiger partial charge >= 0.3 is 0 Å². The SMILES string of the molecule is O=C(c1cccc(Cl)n1)N(CCCO)C1CCC1. The van der Waals surface area contributed by atoms with E-state index in [1.807, 2.05) is 4.90 Å². The Balaban J connectivity index is 2.11. The first-order valence-corrected chi connectivity index (χ1v) is 6.64. The van der Waals surface area contributed by atoms with Crippen LogP contribution in [0.5, 0.6) is 0 Å². The molecule has 0 bridgehead atoms. The Hall–Kier alpha value is -1.13. The van der Waals surface area contributed by atoms with Crippen LogP contribution in [-0.4, -0.2) is 40.1 Å². The highest BCUT2D eigenvalue weighted by atomic mass is 35.5. The number of aliphatic hydroxyl groups excluding tert-OH is 1. The van der Waals surface area contributed by atoms with Crippen molar-refractivity contribution in [1.29, 1.82) is 0 Å². The lowest BCUT2D eigenvalue weighted by atomic mass is 9.91. The number of halogens is 1. The van der Waals surface area contributed by atoms with Gasteiger partial charge in [-0.2, -0.15) is 0 Å². The van der Waals surface area contributed by atoms with Crippen molar-refractivity contribution < 1.29 is 9.90 Å². The molecule has 0 spiro atoms. The molecule has 0 atom stereocenters. The highest BCUT2D eigenvalue weighted by Crippen LogP contribution is 2.26. The molecule has 4 nitrogen and oxygen atoms in total. The average Bonchev–Trinajstić information content (AvgIpc) is 2.31. The maximum absolute atomic E-state index is 12.4. The second kappa shape index (κ2) is 6.16. The summed E-state index contributed by atoms with van der Waals surface area (Å²) >= 11 is 5.80. The van der Waals surface area contributed by atoms with Gasteiger partial charge in [0.25, 0.3) is 5.91 Å². The fraction of sp³-hybridized carbons (Fsp3) is 0.538. The van der Waals surface area contributed by atoms with Gasteiger partial charge in [0.1, 0.15) is 10.8 Å². The normalized spacial score (nSPS) is 15.2. The third-order valence-corrected chi connectivity index (χ3v) is 3.48. The van der Waals surface area contributed by atoms with Crippen LogP contribution in [0.1, 0.15) is 36.2 Å². The number of hydrogen-bond donors (Lipinski definition) is 1. The molecule has 0 aliphatic heterocycles. The number of aliphatic hydroxyl groups is 1. The third-order valence-electron chi connectivity index (χ3n) is 3.27. The van der Waals surface area contributed by atoms with E-state index in [2.05, 4.69) is 4.98 Å². The van der Waals surface area contributed by atoms with Gasteiger partial charge < -0.3 is 10.0 Å². The number of aromatic nitrogens is 1. The molecule has 5 heteroatoms. The molecule has 18 heavy (non-hydrogen) atoms. The highest BCUT2D eigenvalue weighted by Gasteiger charge is 2.29. The summed E-state index contributed by atoms with van der Waals surface area (Å²) in [6.07, 6.45) is 3.84. The van der Waals surface area contributed by atoms with Crippen LogP contribution < -0.4 is 0 Å². The quantitative estimate of drug-likeness (QED) is 0.832. The van der Waals surface area contributed by atoms with Gasteiger partial charge in [-0.05, 0) is 37.8 Å². The maximum atomic E-state index is 12.4. The molecule has 0 aromatic carbocycles. The number of hydrogen-bond acceptors (Lipinski definition) is 3. The second-order valence-electron chi connectivity index (χ2n) is 4.51. The molecule has 0 radical (unpaired) electrons. The first-order valence-electron chi connectivity index (χ1n) is 6.27. The summed E-state index contributed by atoms with van der Waals surface area (Å²) in [5.41, 5.74) is 0.382. The van der Waals surface area contributed by atoms with Gasteiger partial charge in [0.05, 0.1) is 0 Å². The summed E-state index contributed by atoms with van der Waals surface area (Å²) < 4.78 is 0. The van der Waals surface area contributed by atoms with Crippen LogP contribution in [0, 0.1) is 0 Å². The van der Waals surface area contributed by atoms with E-state index in [0.29, 0.717) is 29.9 Å². The minimum absolute atomic E-state index is 0.0874. The van der Waals surface area contributed by atoms with Crippen molar-refractivity contribution in [2.75, 3.05) is 13.2 Å². The van der Waals surface area contributed by atoms with E-state index in [1.165, 1.54) is 0 Å². The van der Waals surface area contributed by atoms with E-state index in [1.54, 1.807) is 18.2 Å². The zero-order chi connectivity index (χ0) is 13.0. The average molecular weight is 269 g/mol. The molecule has 98 valence electrons. The number of rotatable bonds is 5. The zero-order valence-corrected chi connectivity index (χ0v) is 10.9. The lowest BCUT2D eigenvalue weighted by Gasteiger charge is -2.37. The zero-order valence-electron chi connectivity index (χ0n) is 10.2. The smallest absolute Gasteiger partial charge is 0.272 e. The summed E-state index contributed by atoms with van der Waals surface area (Å²) in [6.45, 7) is 0.674. The lowest BCUT2D eigenvalue weighted by Crippen LogP contribution is -2.45. The van der Waals surface area contributed by atoms with Gasteiger partial charge in [0.15, 0.2) is 0 Å². The third kappa shape index (κ3) is 3.00. The van der Waals surface area contributed by atoms with E-state index in [9.17, 15) is 4.79 Å². The second-order valence-corrected chi connectivity index (χ2v) is 4.89. The molecule has 1 fully saturated rings. The molecule has 2 rings (SSSR count). The van der Waals surface area contributed by atoms with Crippen LogP contribution in [0.2, 0.25) is 5.15 Å². The van der Waals surface area contributed by atoms with Crippen LogP contribution in [0.4, 0.5) is 0 Å². The molecular formula is C13H17ClN2O2. The van der Waals surface area contributed by atoms with Crippen LogP contribution >= 0.6 is 11.6 Å².